The van der Waals surface area contributed by atoms with Gasteiger partial charge in [-0.25, -0.2) is 0 Å². The molecule has 3 aromatic carbocycles. The summed E-state index contributed by atoms with van der Waals surface area (Å²) in [6, 6.07) is 24.7. The van der Waals surface area contributed by atoms with Crippen LogP contribution in [0.1, 0.15) is 22.7 Å². The summed E-state index contributed by atoms with van der Waals surface area (Å²) in [7, 11) is 0. The van der Waals surface area contributed by atoms with Crippen LogP contribution in [0.15, 0.2) is 78.9 Å². The number of rotatable bonds is 5. The van der Waals surface area contributed by atoms with E-state index in [0.717, 1.165) is 0 Å². The maximum atomic E-state index is 12.8. The molecule has 8 heteroatoms. The molecule has 1 aliphatic rings. The molecule has 0 radical (unpaired) electrons. The van der Waals surface area contributed by atoms with E-state index in [1.165, 1.54) is 29.3 Å². The molecule has 0 bridgehead atoms. The van der Waals surface area contributed by atoms with Gasteiger partial charge in [0, 0.05) is 44.0 Å². The van der Waals surface area contributed by atoms with Crippen LogP contribution in [0.5, 0.6) is 0 Å². The lowest BCUT2D eigenvalue weighted by molar-refractivity contribution is -0.384. The van der Waals surface area contributed by atoms with Crippen molar-refractivity contribution in [3.63, 3.8) is 0 Å². The first kappa shape index (κ1) is 23.1. The van der Waals surface area contributed by atoms with E-state index < -0.39 is 16.7 Å². The monoisotopic (exact) mass is 458 g/mol. The molecule has 1 heterocycles. The third kappa shape index (κ3) is 5.13. The Morgan fingerprint density at radius 2 is 1.44 bits per heavy atom. The van der Waals surface area contributed by atoms with Crippen molar-refractivity contribution in [3.8, 4) is 0 Å². The Bertz CT molecular complexity index is 1140. The minimum Gasteiger partial charge on any atom is -0.332 e. The fraction of sp³-hybridized carbons (Fsp3) is 0.231. The van der Waals surface area contributed by atoms with E-state index in [2.05, 4.69) is 34.5 Å². The van der Waals surface area contributed by atoms with E-state index in [0.29, 0.717) is 37.4 Å². The van der Waals surface area contributed by atoms with Gasteiger partial charge in [-0.3, -0.25) is 24.6 Å². The van der Waals surface area contributed by atoms with Crippen molar-refractivity contribution >= 4 is 23.2 Å². The molecule has 34 heavy (non-hydrogen) atoms. The first-order chi connectivity index (χ1) is 16.4. The predicted molar refractivity (Wildman–Crippen MR) is 129 cm³/mol. The van der Waals surface area contributed by atoms with E-state index in [1.807, 2.05) is 36.4 Å². The third-order valence-electron chi connectivity index (χ3n) is 6.06. The van der Waals surface area contributed by atoms with Crippen molar-refractivity contribution in [3.05, 3.63) is 106 Å². The van der Waals surface area contributed by atoms with Gasteiger partial charge in [-0.1, -0.05) is 60.7 Å². The first-order valence-corrected chi connectivity index (χ1v) is 11.1. The Labute approximate surface area is 198 Å². The van der Waals surface area contributed by atoms with Gasteiger partial charge in [0.05, 0.1) is 11.0 Å². The first-order valence-electron chi connectivity index (χ1n) is 11.1. The van der Waals surface area contributed by atoms with Crippen molar-refractivity contribution in [2.75, 3.05) is 31.5 Å². The van der Waals surface area contributed by atoms with E-state index in [-0.39, 0.29) is 11.7 Å². The lowest BCUT2D eigenvalue weighted by Gasteiger charge is -2.39. The lowest BCUT2D eigenvalue weighted by atomic mass is 9.96. The van der Waals surface area contributed by atoms with Crippen molar-refractivity contribution in [2.24, 2.45) is 0 Å². The van der Waals surface area contributed by atoms with Gasteiger partial charge in [0.25, 0.3) is 5.69 Å². The van der Waals surface area contributed by atoms with E-state index in [4.69, 9.17) is 0 Å². The van der Waals surface area contributed by atoms with Crippen molar-refractivity contribution in [1.82, 2.24) is 9.80 Å². The number of hydrogen-bond acceptors (Lipinski definition) is 5. The maximum absolute atomic E-state index is 12.8. The van der Waals surface area contributed by atoms with Gasteiger partial charge >= 0.3 is 11.8 Å². The molecule has 1 N–H and O–H groups in total. The topological polar surface area (TPSA) is 95.8 Å². The van der Waals surface area contributed by atoms with Crippen LogP contribution >= 0.6 is 0 Å². The van der Waals surface area contributed by atoms with Crippen LogP contribution in [0.4, 0.5) is 11.4 Å². The number of benzene rings is 3. The number of amides is 2. The van der Waals surface area contributed by atoms with E-state index in [9.17, 15) is 19.7 Å². The Balaban J connectivity index is 1.42. The minimum atomic E-state index is -0.743. The average Bonchev–Trinajstić information content (AvgIpc) is 2.86. The molecule has 0 saturated carbocycles. The molecule has 2 amide bonds. The lowest BCUT2D eigenvalue weighted by Crippen LogP contribution is -2.52. The van der Waals surface area contributed by atoms with Crippen molar-refractivity contribution in [2.45, 2.75) is 13.0 Å². The molecule has 4 rings (SSSR count). The number of carbonyl (C=O) groups is 2. The van der Waals surface area contributed by atoms with Crippen LogP contribution in [0, 0.1) is 17.0 Å². The summed E-state index contributed by atoms with van der Waals surface area (Å²) in [5, 5.41) is 13.5. The van der Waals surface area contributed by atoms with Crippen LogP contribution in [-0.2, 0) is 9.59 Å². The summed E-state index contributed by atoms with van der Waals surface area (Å²) in [6.07, 6.45) is 0. The number of aryl methyl sites for hydroxylation is 1. The third-order valence-corrected chi connectivity index (χ3v) is 6.06. The Morgan fingerprint density at radius 1 is 0.882 bits per heavy atom. The van der Waals surface area contributed by atoms with Crippen LogP contribution < -0.4 is 5.32 Å². The number of hydrogen-bond donors (Lipinski definition) is 1. The average molecular weight is 459 g/mol. The zero-order chi connectivity index (χ0) is 24.1. The van der Waals surface area contributed by atoms with Crippen molar-refractivity contribution < 1.29 is 14.5 Å². The van der Waals surface area contributed by atoms with Gasteiger partial charge < -0.3 is 10.2 Å². The van der Waals surface area contributed by atoms with Gasteiger partial charge in [0.1, 0.15) is 0 Å². The molecular formula is C26H26N4O4. The van der Waals surface area contributed by atoms with Crippen LogP contribution in [0.2, 0.25) is 0 Å². The molecule has 174 valence electrons. The molecule has 0 spiro atoms. The summed E-state index contributed by atoms with van der Waals surface area (Å²) >= 11 is 0. The quantitative estimate of drug-likeness (QED) is 0.357. The van der Waals surface area contributed by atoms with Gasteiger partial charge in [0.2, 0.25) is 0 Å². The van der Waals surface area contributed by atoms with Crippen LogP contribution in [0.3, 0.4) is 0 Å². The number of nitro benzene ring substituents is 1. The number of nitrogens with one attached hydrogen (secondary N) is 1. The van der Waals surface area contributed by atoms with Crippen molar-refractivity contribution in [1.29, 1.82) is 0 Å². The molecule has 1 aliphatic heterocycles. The zero-order valence-corrected chi connectivity index (χ0v) is 18.9. The van der Waals surface area contributed by atoms with E-state index >= 15 is 0 Å². The number of anilines is 1. The van der Waals surface area contributed by atoms with Gasteiger partial charge in [-0.05, 0) is 29.7 Å². The van der Waals surface area contributed by atoms with Crippen LogP contribution in [0.25, 0.3) is 0 Å². The summed E-state index contributed by atoms with van der Waals surface area (Å²) in [5.41, 5.74) is 3.20. The molecule has 8 nitrogen and oxygen atoms in total. The largest absolute Gasteiger partial charge is 0.332 e. The van der Waals surface area contributed by atoms with E-state index in [1.54, 1.807) is 11.8 Å². The smallest absolute Gasteiger partial charge is 0.313 e. The summed E-state index contributed by atoms with van der Waals surface area (Å²) in [4.78, 5) is 39.7. The predicted octanol–water partition coefficient (Wildman–Crippen LogP) is 3.78. The molecule has 0 unspecified atom stereocenters. The number of nitro groups is 1. The Kier molecular flexibility index (Phi) is 6.98. The molecular weight excluding hydrogens is 432 g/mol. The second kappa shape index (κ2) is 10.3. The highest BCUT2D eigenvalue weighted by molar-refractivity contribution is 6.39. The number of piperazine rings is 1. The highest BCUT2D eigenvalue weighted by Crippen LogP contribution is 2.29. The molecule has 0 aromatic heterocycles. The van der Waals surface area contributed by atoms with Crippen LogP contribution in [-0.4, -0.2) is 52.7 Å². The highest BCUT2D eigenvalue weighted by atomic mass is 16.6. The fourth-order valence-corrected chi connectivity index (χ4v) is 4.29. The molecule has 3 aromatic rings. The number of non-ortho nitro benzene ring substituents is 1. The SMILES string of the molecule is Cc1cc([N+](=O)[O-])ccc1NC(=O)C(=O)N1CCN(C(c2ccccc2)c2ccccc2)CC1. The fourth-order valence-electron chi connectivity index (χ4n) is 4.29. The number of carbonyl (C=O) groups excluding carboxylic acids is 2. The Hall–Kier alpha value is -4.04. The maximum Gasteiger partial charge on any atom is 0.313 e. The molecule has 0 atom stereocenters. The van der Waals surface area contributed by atoms with Gasteiger partial charge in [0.15, 0.2) is 0 Å². The molecule has 1 saturated heterocycles. The molecule has 1 fully saturated rings. The number of nitrogens with zero attached hydrogens (tertiary/aromatic N) is 3. The summed E-state index contributed by atoms with van der Waals surface area (Å²) < 4.78 is 0. The minimum absolute atomic E-state index is 0.0654. The highest BCUT2D eigenvalue weighted by Gasteiger charge is 2.30. The molecule has 0 aliphatic carbocycles. The second-order valence-corrected chi connectivity index (χ2v) is 8.26. The normalized spacial score (nSPS) is 14.1. The van der Waals surface area contributed by atoms with Gasteiger partial charge in [-0.2, -0.15) is 0 Å². The zero-order valence-electron chi connectivity index (χ0n) is 18.9. The second-order valence-electron chi connectivity index (χ2n) is 8.26. The standard InChI is InChI=1S/C26H26N4O4/c1-19-18-22(30(33)34)12-13-23(19)27-25(31)26(32)29-16-14-28(15-17-29)24(20-8-4-2-5-9-20)21-10-6-3-7-11-21/h2-13,18,24H,14-17H2,1H3,(H,27,31). The Morgan fingerprint density at radius 3 is 1.94 bits per heavy atom. The van der Waals surface area contributed by atoms with Gasteiger partial charge in [-0.15, -0.1) is 0 Å². The summed E-state index contributed by atoms with van der Waals surface area (Å²) in [6.45, 7) is 3.77. The summed E-state index contributed by atoms with van der Waals surface area (Å²) in [5.74, 6) is -1.35.